The van der Waals surface area contributed by atoms with Crippen LogP contribution in [0.4, 0.5) is 5.95 Å². The lowest BCUT2D eigenvalue weighted by atomic mass is 10.1. The van der Waals surface area contributed by atoms with E-state index in [1.54, 1.807) is 0 Å². The summed E-state index contributed by atoms with van der Waals surface area (Å²) in [6.07, 6.45) is 3.42. The third-order valence-electron chi connectivity index (χ3n) is 2.72. The number of aromatic nitrogens is 3. The minimum atomic E-state index is 0.319. The summed E-state index contributed by atoms with van der Waals surface area (Å²) in [4.78, 5) is 15.2. The first-order chi connectivity index (χ1) is 8.79. The Morgan fingerprint density at radius 1 is 1.28 bits per heavy atom. The summed E-state index contributed by atoms with van der Waals surface area (Å²) >= 11 is 6.14. The standard InChI is InChI=1S/C13H9ClN4/c1-15-13-17-7-10(14)12(18-13)9-6-16-11-5-3-2-4-8(9)11/h2-7,16H,1H2. The quantitative estimate of drug-likeness (QED) is 0.712. The van der Waals surface area contributed by atoms with Crippen molar-refractivity contribution in [3.63, 3.8) is 0 Å². The molecule has 88 valence electrons. The maximum Gasteiger partial charge on any atom is 0.249 e. The zero-order valence-electron chi connectivity index (χ0n) is 9.39. The van der Waals surface area contributed by atoms with E-state index in [4.69, 9.17) is 11.6 Å². The SMILES string of the molecule is C=Nc1ncc(Cl)c(-c2c[nH]c3ccccc23)n1. The van der Waals surface area contributed by atoms with Crippen LogP contribution in [0.15, 0.2) is 41.7 Å². The van der Waals surface area contributed by atoms with E-state index in [2.05, 4.69) is 26.7 Å². The van der Waals surface area contributed by atoms with Gasteiger partial charge in [0, 0.05) is 22.7 Å². The van der Waals surface area contributed by atoms with Crippen molar-refractivity contribution in [1.29, 1.82) is 0 Å². The molecule has 3 rings (SSSR count). The van der Waals surface area contributed by atoms with E-state index in [0.717, 1.165) is 16.5 Å². The minimum Gasteiger partial charge on any atom is -0.360 e. The van der Waals surface area contributed by atoms with Gasteiger partial charge < -0.3 is 4.98 Å². The Morgan fingerprint density at radius 3 is 2.94 bits per heavy atom. The molecule has 0 aliphatic heterocycles. The number of fused-ring (bicyclic) bond motifs is 1. The lowest BCUT2D eigenvalue weighted by molar-refractivity contribution is 1.15. The fourth-order valence-corrected chi connectivity index (χ4v) is 2.08. The molecule has 0 aliphatic rings. The number of hydrogen-bond donors (Lipinski definition) is 1. The molecule has 4 nitrogen and oxygen atoms in total. The van der Waals surface area contributed by atoms with Crippen LogP contribution < -0.4 is 0 Å². The van der Waals surface area contributed by atoms with Gasteiger partial charge >= 0.3 is 0 Å². The molecule has 2 aromatic heterocycles. The summed E-state index contributed by atoms with van der Waals surface area (Å²) in [5.74, 6) is 0.319. The molecule has 1 aromatic carbocycles. The van der Waals surface area contributed by atoms with Crippen LogP contribution in [0.5, 0.6) is 0 Å². The van der Waals surface area contributed by atoms with Crippen LogP contribution in [0.1, 0.15) is 0 Å². The summed E-state index contributed by atoms with van der Waals surface area (Å²) in [5.41, 5.74) is 2.63. The third-order valence-corrected chi connectivity index (χ3v) is 2.99. The smallest absolute Gasteiger partial charge is 0.249 e. The zero-order chi connectivity index (χ0) is 12.5. The molecule has 0 saturated heterocycles. The van der Waals surface area contributed by atoms with Gasteiger partial charge in [-0.3, -0.25) is 0 Å². The molecule has 18 heavy (non-hydrogen) atoms. The number of aliphatic imine (C=N–C) groups is 1. The number of nitrogens with zero attached hydrogens (tertiary/aromatic N) is 3. The van der Waals surface area contributed by atoms with Crippen molar-refractivity contribution < 1.29 is 0 Å². The number of halogens is 1. The maximum absolute atomic E-state index is 6.14. The van der Waals surface area contributed by atoms with E-state index in [1.807, 2.05) is 30.5 Å². The Bertz CT molecular complexity index is 733. The van der Waals surface area contributed by atoms with Gasteiger partial charge in [-0.1, -0.05) is 29.8 Å². The van der Waals surface area contributed by atoms with E-state index in [9.17, 15) is 0 Å². The molecule has 0 amide bonds. The van der Waals surface area contributed by atoms with E-state index in [1.165, 1.54) is 6.20 Å². The molecule has 5 heteroatoms. The molecule has 0 fully saturated rings. The highest BCUT2D eigenvalue weighted by molar-refractivity contribution is 6.33. The Balaban J connectivity index is 2.28. The first-order valence-electron chi connectivity index (χ1n) is 5.35. The lowest BCUT2D eigenvalue weighted by Crippen LogP contribution is -1.87. The Morgan fingerprint density at radius 2 is 2.11 bits per heavy atom. The van der Waals surface area contributed by atoms with Crippen molar-refractivity contribution in [2.45, 2.75) is 0 Å². The average Bonchev–Trinajstić information content (AvgIpc) is 2.83. The fourth-order valence-electron chi connectivity index (χ4n) is 1.89. The highest BCUT2D eigenvalue weighted by atomic mass is 35.5. The van der Waals surface area contributed by atoms with Gasteiger partial charge in [-0.05, 0) is 12.8 Å². The molecular formula is C13H9ClN4. The van der Waals surface area contributed by atoms with Crippen molar-refractivity contribution >= 4 is 35.2 Å². The maximum atomic E-state index is 6.14. The number of nitrogens with one attached hydrogen (secondary N) is 1. The molecule has 0 aliphatic carbocycles. The Kier molecular flexibility index (Phi) is 2.57. The van der Waals surface area contributed by atoms with E-state index in [0.29, 0.717) is 16.7 Å². The molecule has 0 atom stereocenters. The number of benzene rings is 1. The van der Waals surface area contributed by atoms with Crippen LogP contribution in [0, 0.1) is 0 Å². The highest BCUT2D eigenvalue weighted by Crippen LogP contribution is 2.32. The first-order valence-corrected chi connectivity index (χ1v) is 5.73. The number of para-hydroxylation sites is 1. The normalized spacial score (nSPS) is 10.7. The van der Waals surface area contributed by atoms with Crippen LogP contribution in [-0.2, 0) is 0 Å². The fraction of sp³-hybridized carbons (Fsp3) is 0. The van der Waals surface area contributed by atoms with E-state index < -0.39 is 0 Å². The number of hydrogen-bond acceptors (Lipinski definition) is 3. The molecule has 1 N–H and O–H groups in total. The van der Waals surface area contributed by atoms with Gasteiger partial charge in [-0.15, -0.1) is 0 Å². The van der Waals surface area contributed by atoms with Crippen LogP contribution in [0.25, 0.3) is 22.2 Å². The van der Waals surface area contributed by atoms with Gasteiger partial charge in [0.15, 0.2) is 0 Å². The molecule has 0 radical (unpaired) electrons. The predicted octanol–water partition coefficient (Wildman–Crippen LogP) is 3.61. The molecule has 3 aromatic rings. The van der Waals surface area contributed by atoms with Crippen molar-refractivity contribution in [2.75, 3.05) is 0 Å². The second kappa shape index (κ2) is 4.23. The largest absolute Gasteiger partial charge is 0.360 e. The predicted molar refractivity (Wildman–Crippen MR) is 73.5 cm³/mol. The molecule has 0 bridgehead atoms. The summed E-state index contributed by atoms with van der Waals surface area (Å²) in [6.45, 7) is 3.42. The molecule has 0 saturated carbocycles. The second-order valence-corrected chi connectivity index (χ2v) is 4.18. The Labute approximate surface area is 108 Å². The molecule has 0 spiro atoms. The number of rotatable bonds is 2. The second-order valence-electron chi connectivity index (χ2n) is 3.77. The van der Waals surface area contributed by atoms with Crippen molar-refractivity contribution in [3.8, 4) is 11.3 Å². The van der Waals surface area contributed by atoms with Gasteiger partial charge in [0.05, 0.1) is 16.9 Å². The van der Waals surface area contributed by atoms with Crippen LogP contribution in [-0.4, -0.2) is 21.7 Å². The molecular weight excluding hydrogens is 248 g/mol. The van der Waals surface area contributed by atoms with E-state index >= 15 is 0 Å². The van der Waals surface area contributed by atoms with Crippen LogP contribution in [0.2, 0.25) is 5.02 Å². The Hall–Kier alpha value is -2.20. The van der Waals surface area contributed by atoms with Crippen molar-refractivity contribution in [2.24, 2.45) is 4.99 Å². The van der Waals surface area contributed by atoms with Crippen molar-refractivity contribution in [3.05, 3.63) is 41.7 Å². The topological polar surface area (TPSA) is 53.9 Å². The van der Waals surface area contributed by atoms with Gasteiger partial charge in [0.1, 0.15) is 0 Å². The lowest BCUT2D eigenvalue weighted by Gasteiger charge is -2.02. The summed E-state index contributed by atoms with van der Waals surface area (Å²) in [6, 6.07) is 7.96. The average molecular weight is 257 g/mol. The number of H-pyrrole nitrogens is 1. The number of aromatic amines is 1. The monoisotopic (exact) mass is 256 g/mol. The van der Waals surface area contributed by atoms with Gasteiger partial charge in [0.25, 0.3) is 0 Å². The van der Waals surface area contributed by atoms with Crippen molar-refractivity contribution in [1.82, 2.24) is 15.0 Å². The summed E-state index contributed by atoms with van der Waals surface area (Å²) < 4.78 is 0. The zero-order valence-corrected chi connectivity index (χ0v) is 10.1. The van der Waals surface area contributed by atoms with Crippen LogP contribution in [0.3, 0.4) is 0 Å². The molecule has 2 heterocycles. The third kappa shape index (κ3) is 1.67. The van der Waals surface area contributed by atoms with Crippen LogP contribution >= 0.6 is 11.6 Å². The highest BCUT2D eigenvalue weighted by Gasteiger charge is 2.11. The van der Waals surface area contributed by atoms with E-state index in [-0.39, 0.29) is 0 Å². The van der Waals surface area contributed by atoms with Gasteiger partial charge in [-0.2, -0.15) is 0 Å². The minimum absolute atomic E-state index is 0.319. The van der Waals surface area contributed by atoms with Gasteiger partial charge in [-0.25, -0.2) is 15.0 Å². The summed E-state index contributed by atoms with van der Waals surface area (Å²) in [5, 5.41) is 1.56. The first kappa shape index (κ1) is 10.9. The summed E-state index contributed by atoms with van der Waals surface area (Å²) in [7, 11) is 0. The van der Waals surface area contributed by atoms with Gasteiger partial charge in [0.2, 0.25) is 5.95 Å². The molecule has 0 unspecified atom stereocenters.